The Bertz CT molecular complexity index is 1060. The molecule has 0 aliphatic carbocycles. The Labute approximate surface area is 326 Å². The Hall–Kier alpha value is -2.27. The molecule has 1 unspecified atom stereocenters. The van der Waals surface area contributed by atoms with Crippen molar-refractivity contribution in [1.29, 1.82) is 0 Å². The third-order valence-corrected chi connectivity index (χ3v) is 11.0. The fraction of sp³-hybridized carbons (Fsp3) is 0.800. The molecule has 1 atom stereocenters. The van der Waals surface area contributed by atoms with Gasteiger partial charge in [0.15, 0.2) is 0 Å². The SMILES string of the molecule is C=C(C)C(=O)[P+](=O)c1c(OCCCCCCC)c(OCCCCCCC)c(OCCCCCCC)c(OCCCCCCC)c1OCCCCCCC. The number of rotatable bonds is 38. The van der Waals surface area contributed by atoms with Crippen molar-refractivity contribution in [3.63, 3.8) is 0 Å². The van der Waals surface area contributed by atoms with Crippen LogP contribution in [0.25, 0.3) is 0 Å². The van der Waals surface area contributed by atoms with Gasteiger partial charge >= 0.3 is 13.3 Å². The maximum atomic E-state index is 14.5. The molecular formula is C45H80O7P+. The Morgan fingerprint density at radius 3 is 0.887 bits per heavy atom. The lowest BCUT2D eigenvalue weighted by atomic mass is 10.1. The van der Waals surface area contributed by atoms with Crippen LogP contribution in [0.3, 0.4) is 0 Å². The van der Waals surface area contributed by atoms with Gasteiger partial charge in [-0.05, 0) is 39.0 Å². The van der Waals surface area contributed by atoms with Gasteiger partial charge in [-0.15, -0.1) is 0 Å². The first-order valence-corrected chi connectivity index (χ1v) is 23.2. The molecule has 0 spiro atoms. The number of hydrogen-bond acceptors (Lipinski definition) is 7. The molecule has 53 heavy (non-hydrogen) atoms. The first-order chi connectivity index (χ1) is 25.9. The second-order valence-corrected chi connectivity index (χ2v) is 16.1. The van der Waals surface area contributed by atoms with Crippen LogP contribution in [0.15, 0.2) is 12.2 Å². The number of hydrogen-bond donors (Lipinski definition) is 0. The fourth-order valence-electron chi connectivity index (χ4n) is 6.15. The van der Waals surface area contributed by atoms with E-state index in [0.29, 0.717) is 61.8 Å². The predicted octanol–water partition coefficient (Wildman–Crippen LogP) is 14.0. The van der Waals surface area contributed by atoms with Crippen LogP contribution < -0.4 is 29.0 Å². The largest absolute Gasteiger partial charge is 0.486 e. The van der Waals surface area contributed by atoms with Crippen LogP contribution in [-0.2, 0) is 9.36 Å². The second-order valence-electron chi connectivity index (χ2n) is 14.7. The number of carbonyl (C=O) groups excluding carboxylic acids is 1. The van der Waals surface area contributed by atoms with Gasteiger partial charge in [0.05, 0.1) is 33.0 Å². The maximum absolute atomic E-state index is 14.5. The molecule has 306 valence electrons. The van der Waals surface area contributed by atoms with E-state index < -0.39 is 13.3 Å². The minimum absolute atomic E-state index is 0.215. The zero-order valence-corrected chi connectivity index (χ0v) is 36.1. The van der Waals surface area contributed by atoms with E-state index in [0.717, 1.165) is 109 Å². The molecule has 1 rings (SSSR count). The third kappa shape index (κ3) is 20.8. The van der Waals surface area contributed by atoms with Crippen molar-refractivity contribution in [1.82, 2.24) is 0 Å². The highest BCUT2D eigenvalue weighted by atomic mass is 31.1. The average Bonchev–Trinajstić information content (AvgIpc) is 3.15. The van der Waals surface area contributed by atoms with Gasteiger partial charge in [0.25, 0.3) is 5.30 Å². The van der Waals surface area contributed by atoms with Crippen LogP contribution in [0.2, 0.25) is 0 Å². The van der Waals surface area contributed by atoms with Crippen molar-refractivity contribution in [3.05, 3.63) is 12.2 Å². The first kappa shape index (κ1) is 48.7. The molecule has 8 heteroatoms. The standard InChI is InChI=1S/C45H80O7P/c1-8-13-18-23-28-33-48-39-40(49-34-29-24-19-14-9-2)42(51-36-31-26-21-16-11-4)44(53(47)45(46)38(6)7)43(52-37-32-27-22-17-12-5)41(39)50-35-30-25-20-15-10-3/h6,8-37H2,1-5,7H3/q+1. The highest BCUT2D eigenvalue weighted by molar-refractivity contribution is 7.72. The smallest absolute Gasteiger partial charge is 0.466 e. The number of allylic oxidation sites excluding steroid dienone is 1. The van der Waals surface area contributed by atoms with Crippen molar-refractivity contribution in [3.8, 4) is 28.7 Å². The molecule has 7 nitrogen and oxygen atoms in total. The molecule has 1 aromatic carbocycles. The summed E-state index contributed by atoms with van der Waals surface area (Å²) in [5.74, 6) is 1.79. The van der Waals surface area contributed by atoms with E-state index in [1.807, 2.05) is 0 Å². The normalized spacial score (nSPS) is 11.4. The summed E-state index contributed by atoms with van der Waals surface area (Å²) in [6, 6.07) is 0. The number of benzene rings is 1. The highest BCUT2D eigenvalue weighted by Crippen LogP contribution is 2.54. The molecule has 0 heterocycles. The van der Waals surface area contributed by atoms with Crippen molar-refractivity contribution < 1.29 is 33.0 Å². The minimum atomic E-state index is -2.65. The third-order valence-electron chi connectivity index (χ3n) is 9.48. The number of ether oxygens (including phenoxy) is 5. The highest BCUT2D eigenvalue weighted by Gasteiger charge is 2.45. The lowest BCUT2D eigenvalue weighted by Gasteiger charge is -2.23. The molecule has 0 saturated carbocycles. The Balaban J connectivity index is 3.91. The van der Waals surface area contributed by atoms with E-state index in [1.165, 1.54) is 51.4 Å². The van der Waals surface area contributed by atoms with Crippen LogP contribution in [0.5, 0.6) is 28.7 Å². The molecular weight excluding hydrogens is 683 g/mol. The summed E-state index contributed by atoms with van der Waals surface area (Å²) in [7, 11) is -2.65. The summed E-state index contributed by atoms with van der Waals surface area (Å²) in [6.07, 6.45) is 26.9. The topological polar surface area (TPSA) is 80.3 Å². The molecule has 0 aliphatic rings. The lowest BCUT2D eigenvalue weighted by Crippen LogP contribution is -2.19. The summed E-state index contributed by atoms with van der Waals surface area (Å²) in [6.45, 7) is 18.7. The van der Waals surface area contributed by atoms with Gasteiger partial charge in [0, 0.05) is 5.57 Å². The summed E-state index contributed by atoms with van der Waals surface area (Å²) >= 11 is 0. The van der Waals surface area contributed by atoms with Crippen molar-refractivity contribution in [2.75, 3.05) is 33.0 Å². The van der Waals surface area contributed by atoms with Gasteiger partial charge in [-0.3, -0.25) is 0 Å². The molecule has 0 amide bonds. The maximum Gasteiger partial charge on any atom is 0.466 e. The number of unbranched alkanes of at least 4 members (excludes halogenated alkanes) is 20. The van der Waals surface area contributed by atoms with Crippen molar-refractivity contribution in [2.45, 2.75) is 202 Å². The van der Waals surface area contributed by atoms with Gasteiger partial charge in [0.1, 0.15) is 0 Å². The van der Waals surface area contributed by atoms with Crippen LogP contribution in [-0.4, -0.2) is 38.6 Å². The summed E-state index contributed by atoms with van der Waals surface area (Å²) < 4.78 is 47.7. The van der Waals surface area contributed by atoms with Gasteiger partial charge in [-0.25, -0.2) is 4.79 Å². The first-order valence-electron chi connectivity index (χ1n) is 21.9. The zero-order valence-electron chi connectivity index (χ0n) is 35.2. The van der Waals surface area contributed by atoms with E-state index in [4.69, 9.17) is 23.7 Å². The average molecular weight is 764 g/mol. The van der Waals surface area contributed by atoms with Crippen LogP contribution in [0.4, 0.5) is 0 Å². The Kier molecular flexibility index (Phi) is 30.4. The van der Waals surface area contributed by atoms with Gasteiger partial charge < -0.3 is 23.7 Å². The van der Waals surface area contributed by atoms with E-state index in [9.17, 15) is 9.36 Å². The predicted molar refractivity (Wildman–Crippen MR) is 225 cm³/mol. The summed E-state index contributed by atoms with van der Waals surface area (Å²) in [5, 5.41) is 0.215. The van der Waals surface area contributed by atoms with E-state index >= 15 is 0 Å². The number of carbonyl (C=O) groups is 1. The molecule has 0 aromatic heterocycles. The molecule has 0 saturated heterocycles. The van der Waals surface area contributed by atoms with Crippen molar-refractivity contribution >= 4 is 18.6 Å². The molecule has 0 radical (unpaired) electrons. The van der Waals surface area contributed by atoms with Crippen LogP contribution in [0, 0.1) is 0 Å². The second kappa shape index (κ2) is 33.1. The Morgan fingerprint density at radius 2 is 0.642 bits per heavy atom. The monoisotopic (exact) mass is 764 g/mol. The molecule has 1 aromatic rings. The van der Waals surface area contributed by atoms with Crippen LogP contribution in [0.1, 0.15) is 202 Å². The fourth-order valence-corrected chi connectivity index (χ4v) is 7.40. The van der Waals surface area contributed by atoms with Gasteiger partial charge in [-0.1, -0.05) is 174 Å². The molecule has 0 N–H and O–H groups in total. The Morgan fingerprint density at radius 1 is 0.415 bits per heavy atom. The minimum Gasteiger partial charge on any atom is -0.486 e. The molecule has 0 aliphatic heterocycles. The van der Waals surface area contributed by atoms with E-state index in [-0.39, 0.29) is 10.9 Å². The van der Waals surface area contributed by atoms with Crippen LogP contribution >= 0.6 is 7.80 Å². The molecule has 0 fully saturated rings. The van der Waals surface area contributed by atoms with Crippen molar-refractivity contribution in [2.24, 2.45) is 0 Å². The summed E-state index contributed by atoms with van der Waals surface area (Å²) in [4.78, 5) is 13.6. The van der Waals surface area contributed by atoms with E-state index in [1.54, 1.807) is 6.92 Å². The zero-order chi connectivity index (χ0) is 38.9. The van der Waals surface area contributed by atoms with E-state index in [2.05, 4.69) is 41.2 Å². The van der Waals surface area contributed by atoms with Gasteiger partial charge in [-0.2, -0.15) is 0 Å². The lowest BCUT2D eigenvalue weighted by molar-refractivity contribution is -0.108. The van der Waals surface area contributed by atoms with Gasteiger partial charge in [0.2, 0.25) is 28.7 Å². The quantitative estimate of drug-likeness (QED) is 0.0377. The summed E-state index contributed by atoms with van der Waals surface area (Å²) in [5.41, 5.74) is -0.299. The molecule has 0 bridgehead atoms.